The number of fused-ring (bicyclic) bond motifs is 1. The molecule has 0 aliphatic rings. The summed E-state index contributed by atoms with van der Waals surface area (Å²) in [6, 6.07) is 28.1. The lowest BCUT2D eigenvalue weighted by molar-refractivity contribution is 0.0600. The van der Waals surface area contributed by atoms with Crippen molar-refractivity contribution >= 4 is 28.5 Å². The third-order valence-electron chi connectivity index (χ3n) is 6.15. The molecule has 2 aromatic heterocycles. The van der Waals surface area contributed by atoms with E-state index in [9.17, 15) is 4.79 Å². The van der Waals surface area contributed by atoms with Gasteiger partial charge in [0.25, 0.3) is 0 Å². The number of hydrogen-bond donors (Lipinski definition) is 3. The minimum atomic E-state index is -0.332. The Morgan fingerprint density at radius 2 is 1.72 bits per heavy atom. The number of H-pyrrole nitrogens is 1. The van der Waals surface area contributed by atoms with Gasteiger partial charge in [-0.1, -0.05) is 54.6 Å². The molecule has 3 N–H and O–H groups in total. The van der Waals surface area contributed by atoms with E-state index in [-0.39, 0.29) is 12.0 Å². The maximum Gasteiger partial charge on any atom is 0.337 e. The summed E-state index contributed by atoms with van der Waals surface area (Å²) in [6.07, 6.45) is 1.58. The summed E-state index contributed by atoms with van der Waals surface area (Å²) in [7, 11) is 1.38. The number of rotatable bonds is 8. The van der Waals surface area contributed by atoms with Crippen LogP contribution < -0.4 is 10.6 Å². The number of nitrogens with zero attached hydrogens (tertiary/aromatic N) is 2. The number of ether oxygens (including phenoxy) is 1. The molecule has 2 heterocycles. The molecule has 5 aromatic rings. The molecule has 7 heteroatoms. The van der Waals surface area contributed by atoms with Crippen LogP contribution in [0, 0.1) is 0 Å². The largest absolute Gasteiger partial charge is 0.465 e. The number of esters is 1. The molecule has 0 saturated carbocycles. The number of anilines is 2. The summed E-state index contributed by atoms with van der Waals surface area (Å²) >= 11 is 0. The highest BCUT2D eigenvalue weighted by Crippen LogP contribution is 2.29. The van der Waals surface area contributed by atoms with Gasteiger partial charge in [0.1, 0.15) is 17.8 Å². The standard InChI is InChI=1S/C29H27N5O2/c1-19(21-6-4-3-5-7-21)33-27-25-16-26(34-28(25)32-18-31-27)22-12-14-24(15-13-22)30-17-20-8-10-23(11-9-20)29(35)36-2/h3-16,18-19,30H,17H2,1-2H3,(H2,31,32,33,34)/t19-/m1/s1. The zero-order valence-corrected chi connectivity index (χ0v) is 20.2. The topological polar surface area (TPSA) is 91.9 Å². The second-order valence-corrected chi connectivity index (χ2v) is 8.56. The van der Waals surface area contributed by atoms with Crippen LogP contribution in [0.4, 0.5) is 11.5 Å². The van der Waals surface area contributed by atoms with Crippen molar-refractivity contribution in [3.05, 3.63) is 108 Å². The summed E-state index contributed by atoms with van der Waals surface area (Å²) in [4.78, 5) is 23.9. The Bertz CT molecular complexity index is 1460. The van der Waals surface area contributed by atoms with Crippen LogP contribution in [-0.2, 0) is 11.3 Å². The predicted octanol–water partition coefficient (Wildman–Crippen LogP) is 6.20. The molecule has 7 nitrogen and oxygen atoms in total. The lowest BCUT2D eigenvalue weighted by Crippen LogP contribution is -2.08. The second-order valence-electron chi connectivity index (χ2n) is 8.56. The van der Waals surface area contributed by atoms with Gasteiger partial charge in [-0.15, -0.1) is 0 Å². The minimum Gasteiger partial charge on any atom is -0.465 e. The quantitative estimate of drug-likeness (QED) is 0.231. The summed E-state index contributed by atoms with van der Waals surface area (Å²) in [5.41, 5.74) is 6.65. The van der Waals surface area contributed by atoms with Crippen LogP contribution in [0.15, 0.2) is 91.3 Å². The van der Waals surface area contributed by atoms with Gasteiger partial charge in [-0.05, 0) is 53.9 Å². The monoisotopic (exact) mass is 477 g/mol. The number of aromatic nitrogens is 3. The first kappa shape index (κ1) is 23.1. The Morgan fingerprint density at radius 3 is 2.44 bits per heavy atom. The van der Waals surface area contributed by atoms with Crippen LogP contribution in [-0.4, -0.2) is 28.0 Å². The number of methoxy groups -OCH3 is 1. The summed E-state index contributed by atoms with van der Waals surface area (Å²) in [5, 5.41) is 7.88. The van der Waals surface area contributed by atoms with Crippen LogP contribution in [0.1, 0.15) is 34.5 Å². The van der Waals surface area contributed by atoms with Gasteiger partial charge < -0.3 is 20.4 Å². The molecule has 0 aliphatic carbocycles. The van der Waals surface area contributed by atoms with Gasteiger partial charge in [0, 0.05) is 24.0 Å². The van der Waals surface area contributed by atoms with Gasteiger partial charge in [-0.2, -0.15) is 0 Å². The summed E-state index contributed by atoms with van der Waals surface area (Å²) in [5.74, 6) is 0.469. The fourth-order valence-electron chi connectivity index (χ4n) is 4.09. The van der Waals surface area contributed by atoms with Crippen LogP contribution in [0.3, 0.4) is 0 Å². The normalized spacial score (nSPS) is 11.7. The van der Waals surface area contributed by atoms with Crippen molar-refractivity contribution in [1.29, 1.82) is 0 Å². The molecule has 0 fully saturated rings. The molecule has 0 saturated heterocycles. The maximum atomic E-state index is 11.6. The van der Waals surface area contributed by atoms with Gasteiger partial charge >= 0.3 is 5.97 Å². The van der Waals surface area contributed by atoms with Crippen molar-refractivity contribution in [2.75, 3.05) is 17.7 Å². The number of carbonyl (C=O) groups excluding carboxylic acids is 1. The van der Waals surface area contributed by atoms with Gasteiger partial charge in [-0.25, -0.2) is 14.8 Å². The minimum absolute atomic E-state index is 0.115. The van der Waals surface area contributed by atoms with E-state index < -0.39 is 0 Å². The molecule has 1 atom stereocenters. The molecule has 0 aliphatic heterocycles. The van der Waals surface area contributed by atoms with E-state index in [1.807, 2.05) is 42.5 Å². The number of benzene rings is 3. The molecular formula is C29H27N5O2. The van der Waals surface area contributed by atoms with Gasteiger partial charge in [0.2, 0.25) is 0 Å². The fraction of sp³-hybridized carbons (Fsp3) is 0.138. The molecule has 0 spiro atoms. The number of aromatic amines is 1. The zero-order chi connectivity index (χ0) is 24.9. The van der Waals surface area contributed by atoms with Crippen molar-refractivity contribution in [2.24, 2.45) is 0 Å². The molecule has 0 unspecified atom stereocenters. The van der Waals surface area contributed by atoms with Crippen LogP contribution in [0.2, 0.25) is 0 Å². The third-order valence-corrected chi connectivity index (χ3v) is 6.15. The van der Waals surface area contributed by atoms with Crippen molar-refractivity contribution in [2.45, 2.75) is 19.5 Å². The SMILES string of the molecule is COC(=O)c1ccc(CNc2ccc(-c3cc4c(N[C@H](C)c5ccccc5)ncnc4[nH]3)cc2)cc1. The third kappa shape index (κ3) is 5.05. The van der Waals surface area contributed by atoms with E-state index in [1.165, 1.54) is 12.7 Å². The van der Waals surface area contributed by atoms with E-state index in [2.05, 4.69) is 62.8 Å². The fourth-order valence-corrected chi connectivity index (χ4v) is 4.09. The highest BCUT2D eigenvalue weighted by Gasteiger charge is 2.12. The second kappa shape index (κ2) is 10.3. The van der Waals surface area contributed by atoms with Crippen molar-refractivity contribution in [1.82, 2.24) is 15.0 Å². The Hall–Kier alpha value is -4.65. The van der Waals surface area contributed by atoms with Gasteiger partial charge in [0.05, 0.1) is 18.1 Å². The molecule has 180 valence electrons. The van der Waals surface area contributed by atoms with Crippen LogP contribution in [0.5, 0.6) is 0 Å². The average molecular weight is 478 g/mol. The van der Waals surface area contributed by atoms with Crippen molar-refractivity contribution in [3.63, 3.8) is 0 Å². The molecule has 0 amide bonds. The number of nitrogens with one attached hydrogen (secondary N) is 3. The Morgan fingerprint density at radius 1 is 0.972 bits per heavy atom. The summed E-state index contributed by atoms with van der Waals surface area (Å²) in [6.45, 7) is 2.77. The zero-order valence-electron chi connectivity index (χ0n) is 20.2. The lowest BCUT2D eigenvalue weighted by Gasteiger charge is -2.15. The first-order valence-electron chi connectivity index (χ1n) is 11.8. The highest BCUT2D eigenvalue weighted by atomic mass is 16.5. The average Bonchev–Trinajstić information content (AvgIpc) is 3.38. The van der Waals surface area contributed by atoms with Crippen molar-refractivity contribution < 1.29 is 9.53 Å². The molecule has 36 heavy (non-hydrogen) atoms. The lowest BCUT2D eigenvalue weighted by atomic mass is 10.1. The van der Waals surface area contributed by atoms with Gasteiger partial charge in [-0.3, -0.25) is 0 Å². The molecule has 0 radical (unpaired) electrons. The molecular weight excluding hydrogens is 450 g/mol. The highest BCUT2D eigenvalue weighted by molar-refractivity contribution is 5.91. The molecule has 5 rings (SSSR count). The van der Waals surface area contributed by atoms with Gasteiger partial charge in [0.15, 0.2) is 0 Å². The molecule has 0 bridgehead atoms. The van der Waals surface area contributed by atoms with Crippen LogP contribution >= 0.6 is 0 Å². The summed E-state index contributed by atoms with van der Waals surface area (Å²) < 4.78 is 4.75. The van der Waals surface area contributed by atoms with E-state index in [0.717, 1.165) is 39.4 Å². The molecule has 3 aromatic carbocycles. The predicted molar refractivity (Wildman–Crippen MR) is 143 cm³/mol. The van der Waals surface area contributed by atoms with E-state index in [4.69, 9.17) is 4.74 Å². The smallest absolute Gasteiger partial charge is 0.337 e. The Labute approximate surface area is 209 Å². The first-order chi connectivity index (χ1) is 17.6. The first-order valence-corrected chi connectivity index (χ1v) is 11.8. The van der Waals surface area contributed by atoms with Crippen molar-refractivity contribution in [3.8, 4) is 11.3 Å². The number of carbonyl (C=O) groups is 1. The van der Waals surface area contributed by atoms with E-state index in [1.54, 1.807) is 18.5 Å². The van der Waals surface area contributed by atoms with E-state index >= 15 is 0 Å². The number of hydrogen-bond acceptors (Lipinski definition) is 6. The van der Waals surface area contributed by atoms with E-state index in [0.29, 0.717) is 12.1 Å². The Balaban J connectivity index is 1.28. The maximum absolute atomic E-state index is 11.6. The van der Waals surface area contributed by atoms with Crippen LogP contribution in [0.25, 0.3) is 22.3 Å². The Kier molecular flexibility index (Phi) is 6.62.